The Kier molecular flexibility index (Phi) is 9.68. The smallest absolute Gasteiger partial charge is 0.343 e. The molecule has 0 saturated carbocycles. The molecule has 0 saturated heterocycles. The first-order valence-corrected chi connectivity index (χ1v) is 10.4. The van der Waals surface area contributed by atoms with Gasteiger partial charge in [-0.05, 0) is 64.3 Å². The van der Waals surface area contributed by atoms with Crippen molar-refractivity contribution in [1.29, 1.82) is 0 Å². The van der Waals surface area contributed by atoms with E-state index in [9.17, 15) is 14.4 Å². The molecule has 2 aromatic rings. The van der Waals surface area contributed by atoms with E-state index in [4.69, 9.17) is 9.47 Å². The summed E-state index contributed by atoms with van der Waals surface area (Å²) in [6, 6.07) is 11.4. The van der Waals surface area contributed by atoms with Gasteiger partial charge in [-0.25, -0.2) is 10.2 Å². The fraction of sp³-hybridized carbons (Fsp3) is 0.273. The summed E-state index contributed by atoms with van der Waals surface area (Å²) in [7, 11) is 2.85. The molecule has 9 nitrogen and oxygen atoms in total. The highest BCUT2D eigenvalue weighted by atomic mass is 79.9. The van der Waals surface area contributed by atoms with Gasteiger partial charge in [0.2, 0.25) is 5.91 Å². The van der Waals surface area contributed by atoms with Crippen LogP contribution in [0.5, 0.6) is 11.5 Å². The first kappa shape index (κ1) is 24.9. The lowest BCUT2D eigenvalue weighted by atomic mass is 10.1. The maximum Gasteiger partial charge on any atom is 0.343 e. The van der Waals surface area contributed by atoms with E-state index in [0.717, 1.165) is 5.56 Å². The molecular formula is C22H24BrN3O6. The molecule has 0 aromatic heterocycles. The number of hydrazone groups is 1. The van der Waals surface area contributed by atoms with Crippen LogP contribution in [0.15, 0.2) is 52.0 Å². The number of carbonyl (C=O) groups is 3. The summed E-state index contributed by atoms with van der Waals surface area (Å²) in [5.41, 5.74) is 3.87. The lowest BCUT2D eigenvalue weighted by Crippen LogP contribution is -2.43. The zero-order chi connectivity index (χ0) is 23.5. The maximum atomic E-state index is 12.2. The lowest BCUT2D eigenvalue weighted by molar-refractivity contribution is -0.143. The Morgan fingerprint density at radius 3 is 2.47 bits per heavy atom. The summed E-state index contributed by atoms with van der Waals surface area (Å²) in [5, 5.41) is 6.54. The highest BCUT2D eigenvalue weighted by Gasteiger charge is 2.15. The van der Waals surface area contributed by atoms with Crippen molar-refractivity contribution in [1.82, 2.24) is 10.7 Å². The third-order valence-electron chi connectivity index (χ3n) is 4.21. The zero-order valence-electron chi connectivity index (χ0n) is 17.9. The fourth-order valence-corrected chi connectivity index (χ4v) is 2.98. The Morgan fingerprint density at radius 2 is 1.84 bits per heavy atom. The highest BCUT2D eigenvalue weighted by molar-refractivity contribution is 9.10. The van der Waals surface area contributed by atoms with Crippen molar-refractivity contribution in [2.24, 2.45) is 5.10 Å². The van der Waals surface area contributed by atoms with E-state index in [1.165, 1.54) is 13.3 Å². The van der Waals surface area contributed by atoms with Crippen molar-refractivity contribution in [2.75, 3.05) is 20.8 Å². The van der Waals surface area contributed by atoms with Crippen molar-refractivity contribution in [3.8, 4) is 11.5 Å². The molecule has 0 heterocycles. The number of esters is 1. The van der Waals surface area contributed by atoms with E-state index in [1.807, 2.05) is 0 Å². The predicted octanol–water partition coefficient (Wildman–Crippen LogP) is 2.21. The van der Waals surface area contributed by atoms with Crippen LogP contribution in [-0.2, 0) is 25.5 Å². The third-order valence-corrected chi connectivity index (χ3v) is 4.83. The molecule has 0 aliphatic rings. The number of nitrogens with one attached hydrogen (secondary N) is 2. The second-order valence-electron chi connectivity index (χ2n) is 6.60. The number of halogens is 1. The quantitative estimate of drug-likeness (QED) is 0.290. The van der Waals surface area contributed by atoms with Gasteiger partial charge in [0.05, 0.1) is 31.3 Å². The van der Waals surface area contributed by atoms with Crippen LogP contribution in [0, 0.1) is 0 Å². The van der Waals surface area contributed by atoms with Gasteiger partial charge < -0.3 is 19.5 Å². The molecular weight excluding hydrogens is 482 g/mol. The number of hydrogen-bond acceptors (Lipinski definition) is 7. The lowest BCUT2D eigenvalue weighted by Gasteiger charge is -2.12. The minimum Gasteiger partial charge on any atom is -0.497 e. The van der Waals surface area contributed by atoms with Crippen LogP contribution < -0.4 is 20.2 Å². The first-order valence-electron chi connectivity index (χ1n) is 9.56. The third kappa shape index (κ3) is 8.03. The largest absolute Gasteiger partial charge is 0.497 e. The second-order valence-corrected chi connectivity index (χ2v) is 7.46. The molecule has 2 amide bonds. The maximum absolute atomic E-state index is 12.2. The average molecular weight is 506 g/mol. The number of carbonyl (C=O) groups excluding carboxylic acids is 3. The first-order chi connectivity index (χ1) is 15.3. The molecule has 0 spiro atoms. The number of hydrogen-bond donors (Lipinski definition) is 2. The molecule has 2 N–H and O–H groups in total. The van der Waals surface area contributed by atoms with Crippen molar-refractivity contribution in [3.63, 3.8) is 0 Å². The van der Waals surface area contributed by atoms with E-state index >= 15 is 0 Å². The van der Waals surface area contributed by atoms with Crippen molar-refractivity contribution in [3.05, 3.63) is 58.1 Å². The normalized spacial score (nSPS) is 11.5. The molecule has 0 radical (unpaired) electrons. The summed E-state index contributed by atoms with van der Waals surface area (Å²) < 4.78 is 15.5. The van der Waals surface area contributed by atoms with Crippen LogP contribution >= 0.6 is 15.9 Å². The van der Waals surface area contributed by atoms with Gasteiger partial charge in [-0.3, -0.25) is 9.59 Å². The molecule has 170 valence electrons. The van der Waals surface area contributed by atoms with Crippen LogP contribution in [0.4, 0.5) is 0 Å². The number of ether oxygens (including phenoxy) is 3. The standard InChI is InChI=1S/C22H24BrN3O6/c1-14(25-20(27)11-15-4-7-17(30-2)8-5-15)22(29)26-24-12-16-6-9-19(18(23)10-16)32-13-21(28)31-3/h4-10,12,14H,11,13H2,1-3H3,(H,25,27)(H,26,29). The van der Waals surface area contributed by atoms with Crippen LogP contribution in [0.25, 0.3) is 0 Å². The minimum absolute atomic E-state index is 0.142. The monoisotopic (exact) mass is 505 g/mol. The average Bonchev–Trinajstić information content (AvgIpc) is 2.78. The Balaban J connectivity index is 1.82. The van der Waals surface area contributed by atoms with E-state index in [0.29, 0.717) is 21.5 Å². The van der Waals surface area contributed by atoms with E-state index in [1.54, 1.807) is 56.5 Å². The van der Waals surface area contributed by atoms with Gasteiger partial charge in [0.15, 0.2) is 6.61 Å². The van der Waals surface area contributed by atoms with Crippen LogP contribution in [0.3, 0.4) is 0 Å². The van der Waals surface area contributed by atoms with Crippen LogP contribution in [0.2, 0.25) is 0 Å². The van der Waals surface area contributed by atoms with Gasteiger partial charge in [0.1, 0.15) is 17.5 Å². The summed E-state index contributed by atoms with van der Waals surface area (Å²) in [6.45, 7) is 1.36. The molecule has 1 unspecified atom stereocenters. The summed E-state index contributed by atoms with van der Waals surface area (Å²) in [5.74, 6) is -0.0647. The topological polar surface area (TPSA) is 115 Å². The Labute approximate surface area is 194 Å². The van der Waals surface area contributed by atoms with Gasteiger partial charge >= 0.3 is 5.97 Å². The summed E-state index contributed by atoms with van der Waals surface area (Å²) in [4.78, 5) is 35.5. The Morgan fingerprint density at radius 1 is 1.12 bits per heavy atom. The SMILES string of the molecule is COC(=O)COc1ccc(C=NNC(=O)C(C)NC(=O)Cc2ccc(OC)cc2)cc1Br. The minimum atomic E-state index is -0.765. The highest BCUT2D eigenvalue weighted by Crippen LogP contribution is 2.25. The Bertz CT molecular complexity index is 978. The molecule has 0 aliphatic carbocycles. The van der Waals surface area contributed by atoms with Gasteiger partial charge in [-0.2, -0.15) is 5.10 Å². The number of amides is 2. The van der Waals surface area contributed by atoms with Crippen molar-refractivity contribution in [2.45, 2.75) is 19.4 Å². The van der Waals surface area contributed by atoms with E-state index in [2.05, 4.69) is 36.5 Å². The molecule has 0 bridgehead atoms. The molecule has 1 atom stereocenters. The summed E-state index contributed by atoms with van der Waals surface area (Å²) >= 11 is 3.34. The number of benzene rings is 2. The Hall–Kier alpha value is -3.40. The number of nitrogens with zero attached hydrogens (tertiary/aromatic N) is 1. The molecule has 0 fully saturated rings. The van der Waals surface area contributed by atoms with Gasteiger partial charge in [-0.1, -0.05) is 12.1 Å². The van der Waals surface area contributed by atoms with E-state index in [-0.39, 0.29) is 18.9 Å². The van der Waals surface area contributed by atoms with Gasteiger partial charge in [0, 0.05) is 0 Å². The zero-order valence-corrected chi connectivity index (χ0v) is 19.5. The van der Waals surface area contributed by atoms with Crippen LogP contribution in [-0.4, -0.2) is 50.9 Å². The van der Waals surface area contributed by atoms with Crippen LogP contribution in [0.1, 0.15) is 18.1 Å². The fourth-order valence-electron chi connectivity index (χ4n) is 2.46. The molecule has 2 rings (SSSR count). The second kappa shape index (κ2) is 12.5. The van der Waals surface area contributed by atoms with E-state index < -0.39 is 17.9 Å². The molecule has 0 aliphatic heterocycles. The number of methoxy groups -OCH3 is 2. The predicted molar refractivity (Wildman–Crippen MR) is 122 cm³/mol. The van der Waals surface area contributed by atoms with Crippen molar-refractivity contribution >= 4 is 39.9 Å². The van der Waals surface area contributed by atoms with Gasteiger partial charge in [-0.15, -0.1) is 0 Å². The summed E-state index contributed by atoms with van der Waals surface area (Å²) in [6.07, 6.45) is 1.59. The molecule has 2 aromatic carbocycles. The van der Waals surface area contributed by atoms with Gasteiger partial charge in [0.25, 0.3) is 5.91 Å². The molecule has 10 heteroatoms. The van der Waals surface area contributed by atoms with Crippen molar-refractivity contribution < 1.29 is 28.6 Å². The number of rotatable bonds is 10. The molecule has 32 heavy (non-hydrogen) atoms.